The van der Waals surface area contributed by atoms with Gasteiger partial charge in [-0.05, 0) is 25.0 Å². The molecule has 1 aromatic carbocycles. The van der Waals surface area contributed by atoms with Crippen LogP contribution in [-0.2, 0) is 4.79 Å². The van der Waals surface area contributed by atoms with Gasteiger partial charge in [-0.2, -0.15) is 0 Å². The van der Waals surface area contributed by atoms with Crippen LogP contribution in [0.25, 0.3) is 0 Å². The zero-order chi connectivity index (χ0) is 16.7. The summed E-state index contributed by atoms with van der Waals surface area (Å²) in [6.45, 7) is 8.76. The number of nitrogens with one attached hydrogen (secondary N) is 1. The predicted octanol–water partition coefficient (Wildman–Crippen LogP) is 1.79. The van der Waals surface area contributed by atoms with E-state index in [4.69, 9.17) is 0 Å². The molecule has 0 saturated carbocycles. The molecule has 0 radical (unpaired) electrons. The Labute approximate surface area is 139 Å². The molecule has 1 heterocycles. The number of aliphatic hydroxyl groups is 1. The summed E-state index contributed by atoms with van der Waals surface area (Å²) < 4.78 is 0. The van der Waals surface area contributed by atoms with E-state index in [1.165, 1.54) is 0 Å². The Hall–Kier alpha value is -1.43. The molecule has 1 aliphatic heterocycles. The number of carbonyl (C=O) groups is 1. The highest BCUT2D eigenvalue weighted by molar-refractivity contribution is 5.92. The Balaban J connectivity index is 1.73. The minimum atomic E-state index is -0.577. The van der Waals surface area contributed by atoms with E-state index in [0.29, 0.717) is 6.54 Å². The Morgan fingerprint density at radius 1 is 1.09 bits per heavy atom. The van der Waals surface area contributed by atoms with E-state index in [1.54, 1.807) is 0 Å². The van der Waals surface area contributed by atoms with Crippen molar-refractivity contribution in [1.29, 1.82) is 0 Å². The molecule has 0 aromatic heterocycles. The molecule has 1 aliphatic rings. The summed E-state index contributed by atoms with van der Waals surface area (Å²) >= 11 is 0. The zero-order valence-electron chi connectivity index (χ0n) is 14.3. The van der Waals surface area contributed by atoms with Crippen LogP contribution in [0.15, 0.2) is 30.3 Å². The molecular weight excluding hydrogens is 290 g/mol. The molecule has 128 valence electrons. The van der Waals surface area contributed by atoms with Gasteiger partial charge in [0, 0.05) is 38.4 Å². The fourth-order valence-electron chi connectivity index (χ4n) is 2.92. The van der Waals surface area contributed by atoms with Crippen molar-refractivity contribution in [3.8, 4) is 0 Å². The van der Waals surface area contributed by atoms with Crippen molar-refractivity contribution in [3.05, 3.63) is 30.3 Å². The normalized spacial score (nSPS) is 17.2. The van der Waals surface area contributed by atoms with E-state index >= 15 is 0 Å². The second-order valence-electron chi connectivity index (χ2n) is 6.40. The first kappa shape index (κ1) is 17.9. The number of piperazine rings is 1. The smallest absolute Gasteiger partial charge is 0.238 e. The highest BCUT2D eigenvalue weighted by atomic mass is 16.3. The fourth-order valence-corrected chi connectivity index (χ4v) is 2.92. The number of anilines is 1. The van der Waals surface area contributed by atoms with E-state index in [2.05, 4.69) is 15.1 Å². The van der Waals surface area contributed by atoms with Gasteiger partial charge in [-0.15, -0.1) is 0 Å². The van der Waals surface area contributed by atoms with Crippen LogP contribution >= 0.6 is 0 Å². The van der Waals surface area contributed by atoms with Gasteiger partial charge in [-0.3, -0.25) is 14.6 Å². The van der Waals surface area contributed by atoms with E-state index < -0.39 is 5.60 Å². The summed E-state index contributed by atoms with van der Waals surface area (Å²) in [4.78, 5) is 16.6. The molecule has 0 aliphatic carbocycles. The van der Waals surface area contributed by atoms with E-state index in [9.17, 15) is 9.90 Å². The van der Waals surface area contributed by atoms with Crippen LogP contribution < -0.4 is 5.32 Å². The van der Waals surface area contributed by atoms with Crippen molar-refractivity contribution in [2.75, 3.05) is 44.6 Å². The van der Waals surface area contributed by atoms with Gasteiger partial charge in [-0.1, -0.05) is 32.0 Å². The number of nitrogens with zero attached hydrogens (tertiary/aromatic N) is 2. The van der Waals surface area contributed by atoms with Gasteiger partial charge >= 0.3 is 0 Å². The third kappa shape index (κ3) is 5.61. The number of hydrogen-bond donors (Lipinski definition) is 2. The Kier molecular flexibility index (Phi) is 6.57. The van der Waals surface area contributed by atoms with Gasteiger partial charge in [0.25, 0.3) is 0 Å². The maximum atomic E-state index is 12.1. The Bertz CT molecular complexity index is 480. The van der Waals surface area contributed by atoms with E-state index in [1.807, 2.05) is 44.2 Å². The zero-order valence-corrected chi connectivity index (χ0v) is 14.3. The molecular formula is C18H29N3O2. The first-order chi connectivity index (χ1) is 11.0. The van der Waals surface area contributed by atoms with Gasteiger partial charge in [0.15, 0.2) is 0 Å². The summed E-state index contributed by atoms with van der Waals surface area (Å²) in [7, 11) is 0. The van der Waals surface area contributed by atoms with Crippen molar-refractivity contribution in [3.63, 3.8) is 0 Å². The van der Waals surface area contributed by atoms with Gasteiger partial charge in [-0.25, -0.2) is 0 Å². The highest BCUT2D eigenvalue weighted by Crippen LogP contribution is 2.17. The number of benzene rings is 1. The van der Waals surface area contributed by atoms with Crippen LogP contribution in [0.3, 0.4) is 0 Å². The van der Waals surface area contributed by atoms with Crippen LogP contribution in [0, 0.1) is 0 Å². The van der Waals surface area contributed by atoms with Crippen molar-refractivity contribution < 1.29 is 9.90 Å². The number of carbonyl (C=O) groups excluding carboxylic acids is 1. The minimum absolute atomic E-state index is 0.0308. The Morgan fingerprint density at radius 2 is 1.65 bits per heavy atom. The standard InChI is InChI=1S/C18H29N3O2/c1-3-18(23,4-2)15-21-12-10-20(11-13-21)14-17(22)19-16-8-6-5-7-9-16/h5-9,23H,3-4,10-15H2,1-2H3,(H,19,22). The third-order valence-corrected chi connectivity index (χ3v) is 4.72. The van der Waals surface area contributed by atoms with Crippen LogP contribution in [0.1, 0.15) is 26.7 Å². The summed E-state index contributed by atoms with van der Waals surface area (Å²) in [5, 5.41) is 13.4. The van der Waals surface area contributed by atoms with Gasteiger partial charge in [0.2, 0.25) is 5.91 Å². The molecule has 2 N–H and O–H groups in total. The quantitative estimate of drug-likeness (QED) is 0.804. The monoisotopic (exact) mass is 319 g/mol. The summed E-state index contributed by atoms with van der Waals surface area (Å²) in [5.74, 6) is 0.0308. The molecule has 1 aromatic rings. The second-order valence-corrected chi connectivity index (χ2v) is 6.40. The number of hydrogen-bond acceptors (Lipinski definition) is 4. The van der Waals surface area contributed by atoms with Gasteiger partial charge in [0.05, 0.1) is 12.1 Å². The molecule has 0 atom stereocenters. The minimum Gasteiger partial charge on any atom is -0.389 e. The molecule has 5 heteroatoms. The second kappa shape index (κ2) is 8.43. The van der Waals surface area contributed by atoms with Crippen molar-refractivity contribution in [2.24, 2.45) is 0 Å². The largest absolute Gasteiger partial charge is 0.389 e. The maximum Gasteiger partial charge on any atom is 0.238 e. The van der Waals surface area contributed by atoms with Crippen molar-refractivity contribution >= 4 is 11.6 Å². The topological polar surface area (TPSA) is 55.8 Å². The lowest BCUT2D eigenvalue weighted by Crippen LogP contribution is -2.52. The summed E-state index contributed by atoms with van der Waals surface area (Å²) in [5.41, 5.74) is 0.263. The van der Waals surface area contributed by atoms with E-state index in [-0.39, 0.29) is 5.91 Å². The lowest BCUT2D eigenvalue weighted by atomic mass is 9.96. The fraction of sp³-hybridized carbons (Fsp3) is 0.611. The van der Waals surface area contributed by atoms with E-state index in [0.717, 1.165) is 51.3 Å². The molecule has 0 spiro atoms. The van der Waals surface area contributed by atoms with Gasteiger partial charge in [0.1, 0.15) is 0 Å². The number of para-hydroxylation sites is 1. The summed E-state index contributed by atoms with van der Waals surface area (Å²) in [6.07, 6.45) is 1.56. The third-order valence-electron chi connectivity index (χ3n) is 4.72. The average molecular weight is 319 g/mol. The van der Waals surface area contributed by atoms with Crippen LogP contribution in [0.4, 0.5) is 5.69 Å². The molecule has 0 bridgehead atoms. The molecule has 2 rings (SSSR count). The lowest BCUT2D eigenvalue weighted by molar-refractivity contribution is -0.117. The number of rotatable bonds is 7. The molecule has 1 fully saturated rings. The predicted molar refractivity (Wildman–Crippen MR) is 93.5 cm³/mol. The van der Waals surface area contributed by atoms with Crippen LogP contribution in [-0.4, -0.2) is 65.7 Å². The van der Waals surface area contributed by atoms with Crippen molar-refractivity contribution in [1.82, 2.24) is 9.80 Å². The Morgan fingerprint density at radius 3 is 2.22 bits per heavy atom. The summed E-state index contributed by atoms with van der Waals surface area (Å²) in [6, 6.07) is 9.55. The van der Waals surface area contributed by atoms with Crippen LogP contribution in [0.2, 0.25) is 0 Å². The number of β-amino-alcohol motifs (C(OH)–C–C–N with tert-alkyl or cyclic N) is 1. The highest BCUT2D eigenvalue weighted by Gasteiger charge is 2.28. The maximum absolute atomic E-state index is 12.1. The molecule has 1 amide bonds. The molecule has 0 unspecified atom stereocenters. The van der Waals surface area contributed by atoms with Gasteiger partial charge < -0.3 is 10.4 Å². The molecule has 1 saturated heterocycles. The SMILES string of the molecule is CCC(O)(CC)CN1CCN(CC(=O)Nc2ccccc2)CC1. The first-order valence-corrected chi connectivity index (χ1v) is 8.56. The van der Waals surface area contributed by atoms with Crippen LogP contribution in [0.5, 0.6) is 0 Å². The first-order valence-electron chi connectivity index (χ1n) is 8.56. The number of amides is 1. The molecule has 23 heavy (non-hydrogen) atoms. The lowest BCUT2D eigenvalue weighted by Gasteiger charge is -2.38. The molecule has 5 nitrogen and oxygen atoms in total. The van der Waals surface area contributed by atoms with Crippen molar-refractivity contribution in [2.45, 2.75) is 32.3 Å². The average Bonchev–Trinajstić information content (AvgIpc) is 2.57.